The Morgan fingerprint density at radius 1 is 1.11 bits per heavy atom. The molecule has 0 bridgehead atoms. The number of carbonyl (C=O) groups excluding carboxylic acids is 1. The number of aromatic nitrogens is 1. The second-order valence-corrected chi connectivity index (χ2v) is 9.86. The smallest absolute Gasteiger partial charge is 0.219 e. The average molecular weight is 474 g/mol. The van der Waals surface area contributed by atoms with Crippen LogP contribution in [0.3, 0.4) is 0 Å². The van der Waals surface area contributed by atoms with Crippen molar-refractivity contribution in [1.82, 2.24) is 14.8 Å². The van der Waals surface area contributed by atoms with Crippen molar-refractivity contribution in [3.8, 4) is 5.75 Å². The number of para-hydroxylation sites is 1. The van der Waals surface area contributed by atoms with Crippen LogP contribution in [0.25, 0.3) is 10.9 Å². The molecule has 0 radical (unpaired) electrons. The molecule has 2 unspecified atom stereocenters. The third kappa shape index (κ3) is 6.19. The van der Waals surface area contributed by atoms with Gasteiger partial charge in [0.15, 0.2) is 0 Å². The number of fused-ring (bicyclic) bond motifs is 1. The Hall–Kier alpha value is -2.96. The SMILES string of the molecule is CC(=O)N1CCN(Cc2cccc(OCC3CCCO3)c2)CC(Cc2cccc3cccnc23)C1. The Kier molecular flexibility index (Phi) is 7.60. The Balaban J connectivity index is 1.28. The van der Waals surface area contributed by atoms with E-state index in [4.69, 9.17) is 9.47 Å². The van der Waals surface area contributed by atoms with E-state index in [2.05, 4.69) is 52.3 Å². The first kappa shape index (κ1) is 23.8. The van der Waals surface area contributed by atoms with Crippen molar-refractivity contribution in [2.24, 2.45) is 5.92 Å². The molecule has 3 heterocycles. The molecule has 0 aliphatic carbocycles. The largest absolute Gasteiger partial charge is 0.491 e. The van der Waals surface area contributed by atoms with Gasteiger partial charge in [-0.1, -0.05) is 36.4 Å². The number of nitrogens with zero attached hydrogens (tertiary/aromatic N) is 3. The second-order valence-electron chi connectivity index (χ2n) is 9.86. The lowest BCUT2D eigenvalue weighted by Gasteiger charge is -2.25. The van der Waals surface area contributed by atoms with Crippen LogP contribution >= 0.6 is 0 Å². The van der Waals surface area contributed by atoms with E-state index in [1.807, 2.05) is 23.2 Å². The molecule has 0 N–H and O–H groups in total. The van der Waals surface area contributed by atoms with Crippen LogP contribution in [0.4, 0.5) is 0 Å². The van der Waals surface area contributed by atoms with Crippen molar-refractivity contribution >= 4 is 16.8 Å². The maximum Gasteiger partial charge on any atom is 0.219 e. The van der Waals surface area contributed by atoms with Gasteiger partial charge in [0.25, 0.3) is 0 Å². The summed E-state index contributed by atoms with van der Waals surface area (Å²) in [6, 6.07) is 18.9. The Bertz CT molecular complexity index is 1140. The number of rotatable bonds is 7. The van der Waals surface area contributed by atoms with E-state index in [0.29, 0.717) is 12.5 Å². The predicted octanol–water partition coefficient (Wildman–Crippen LogP) is 4.32. The minimum Gasteiger partial charge on any atom is -0.491 e. The van der Waals surface area contributed by atoms with E-state index in [1.54, 1.807) is 6.92 Å². The number of pyridine rings is 1. The normalized spacial score (nSPS) is 21.2. The topological polar surface area (TPSA) is 54.9 Å². The van der Waals surface area contributed by atoms with Crippen LogP contribution in [0, 0.1) is 5.92 Å². The van der Waals surface area contributed by atoms with Gasteiger partial charge >= 0.3 is 0 Å². The van der Waals surface area contributed by atoms with Crippen molar-refractivity contribution in [3.05, 3.63) is 71.9 Å². The number of hydrogen-bond acceptors (Lipinski definition) is 5. The molecule has 2 aliphatic heterocycles. The molecule has 6 heteroatoms. The summed E-state index contributed by atoms with van der Waals surface area (Å²) >= 11 is 0. The van der Waals surface area contributed by atoms with Crippen LogP contribution in [0.5, 0.6) is 5.75 Å². The van der Waals surface area contributed by atoms with Crippen molar-refractivity contribution < 1.29 is 14.3 Å². The first-order valence-electron chi connectivity index (χ1n) is 12.8. The van der Waals surface area contributed by atoms with E-state index in [9.17, 15) is 4.79 Å². The van der Waals surface area contributed by atoms with E-state index in [1.165, 1.54) is 16.5 Å². The van der Waals surface area contributed by atoms with Crippen LogP contribution in [0.2, 0.25) is 0 Å². The molecular weight excluding hydrogens is 438 g/mol. The van der Waals surface area contributed by atoms with Crippen molar-refractivity contribution in [2.45, 2.75) is 38.8 Å². The third-order valence-corrected chi connectivity index (χ3v) is 7.12. The molecule has 2 aromatic carbocycles. The summed E-state index contributed by atoms with van der Waals surface area (Å²) in [7, 11) is 0. The minimum atomic E-state index is 0.150. The van der Waals surface area contributed by atoms with Crippen LogP contribution < -0.4 is 4.74 Å². The Morgan fingerprint density at radius 3 is 2.86 bits per heavy atom. The van der Waals surface area contributed by atoms with Crippen molar-refractivity contribution in [2.75, 3.05) is 39.4 Å². The van der Waals surface area contributed by atoms with Gasteiger partial charge in [-0.3, -0.25) is 14.7 Å². The Morgan fingerprint density at radius 2 is 2.00 bits per heavy atom. The van der Waals surface area contributed by atoms with Gasteiger partial charge in [0.2, 0.25) is 5.91 Å². The van der Waals surface area contributed by atoms with E-state index < -0.39 is 0 Å². The summed E-state index contributed by atoms with van der Waals surface area (Å²) in [5, 5.41) is 1.17. The highest BCUT2D eigenvalue weighted by molar-refractivity contribution is 5.81. The summed E-state index contributed by atoms with van der Waals surface area (Å²) < 4.78 is 11.7. The van der Waals surface area contributed by atoms with Gasteiger partial charge in [-0.2, -0.15) is 0 Å². The van der Waals surface area contributed by atoms with Gasteiger partial charge < -0.3 is 14.4 Å². The van der Waals surface area contributed by atoms with E-state index >= 15 is 0 Å². The second kappa shape index (κ2) is 11.2. The monoisotopic (exact) mass is 473 g/mol. The van der Waals surface area contributed by atoms with Crippen LogP contribution in [0.15, 0.2) is 60.8 Å². The minimum absolute atomic E-state index is 0.150. The van der Waals surface area contributed by atoms with Gasteiger partial charge in [-0.05, 0) is 54.5 Å². The molecule has 1 amide bonds. The molecule has 2 aliphatic rings. The highest BCUT2D eigenvalue weighted by Crippen LogP contribution is 2.23. The third-order valence-electron chi connectivity index (χ3n) is 7.12. The van der Waals surface area contributed by atoms with Crippen molar-refractivity contribution in [3.63, 3.8) is 0 Å². The van der Waals surface area contributed by atoms with Gasteiger partial charge in [0, 0.05) is 57.8 Å². The molecule has 35 heavy (non-hydrogen) atoms. The van der Waals surface area contributed by atoms with Gasteiger partial charge in [0.1, 0.15) is 12.4 Å². The lowest BCUT2D eigenvalue weighted by atomic mass is 9.96. The summed E-state index contributed by atoms with van der Waals surface area (Å²) in [5.41, 5.74) is 3.55. The maximum absolute atomic E-state index is 12.3. The molecule has 184 valence electrons. The van der Waals surface area contributed by atoms with E-state index in [0.717, 1.165) is 69.9 Å². The number of benzene rings is 2. The zero-order valence-corrected chi connectivity index (χ0v) is 20.6. The lowest BCUT2D eigenvalue weighted by molar-refractivity contribution is -0.129. The lowest BCUT2D eigenvalue weighted by Crippen LogP contribution is -2.34. The molecule has 2 saturated heterocycles. The molecule has 1 aromatic heterocycles. The first-order valence-corrected chi connectivity index (χ1v) is 12.8. The number of hydrogen-bond donors (Lipinski definition) is 0. The predicted molar refractivity (Wildman–Crippen MR) is 137 cm³/mol. The fraction of sp³-hybridized carbons (Fsp3) is 0.448. The zero-order chi connectivity index (χ0) is 24.0. The summed E-state index contributed by atoms with van der Waals surface area (Å²) in [6.45, 7) is 7.32. The highest BCUT2D eigenvalue weighted by atomic mass is 16.5. The first-order chi connectivity index (χ1) is 17.1. The van der Waals surface area contributed by atoms with E-state index in [-0.39, 0.29) is 12.0 Å². The van der Waals surface area contributed by atoms with Gasteiger partial charge in [-0.25, -0.2) is 0 Å². The number of amides is 1. The fourth-order valence-corrected chi connectivity index (χ4v) is 5.34. The summed E-state index contributed by atoms with van der Waals surface area (Å²) in [6.07, 6.45) is 5.18. The summed E-state index contributed by atoms with van der Waals surface area (Å²) in [4.78, 5) is 21.5. The molecule has 6 nitrogen and oxygen atoms in total. The maximum atomic E-state index is 12.3. The molecule has 0 spiro atoms. The molecule has 3 aromatic rings. The number of ether oxygens (including phenoxy) is 2. The fourth-order valence-electron chi connectivity index (χ4n) is 5.34. The standard InChI is InChI=1S/C29H35N3O3/c1-22(33)32-14-13-31(18-23-6-2-10-27(17-23)35-21-28-11-5-15-34-28)19-24(20-32)16-26-8-3-7-25-9-4-12-30-29(25)26/h2-4,6-10,12,17,24,28H,5,11,13-16,18-21H2,1H3. The van der Waals surface area contributed by atoms with Crippen LogP contribution in [-0.4, -0.2) is 66.2 Å². The quantitative estimate of drug-likeness (QED) is 0.512. The van der Waals surface area contributed by atoms with Crippen LogP contribution in [0.1, 0.15) is 30.9 Å². The van der Waals surface area contributed by atoms with Crippen molar-refractivity contribution in [1.29, 1.82) is 0 Å². The zero-order valence-electron chi connectivity index (χ0n) is 20.6. The average Bonchev–Trinajstić information content (AvgIpc) is 3.31. The van der Waals surface area contributed by atoms with Gasteiger partial charge in [-0.15, -0.1) is 0 Å². The molecule has 0 saturated carbocycles. The highest BCUT2D eigenvalue weighted by Gasteiger charge is 2.25. The van der Waals surface area contributed by atoms with Crippen LogP contribution in [-0.2, 0) is 22.5 Å². The molecule has 5 rings (SSSR count). The number of carbonyl (C=O) groups is 1. The molecular formula is C29H35N3O3. The van der Waals surface area contributed by atoms with Gasteiger partial charge in [0.05, 0.1) is 11.6 Å². The molecule has 2 fully saturated rings. The molecule has 2 atom stereocenters. The Labute approximate surface area is 207 Å². The summed E-state index contributed by atoms with van der Waals surface area (Å²) in [5.74, 6) is 1.39.